The number of rotatable bonds is 7. The Bertz CT molecular complexity index is 613. The van der Waals surface area contributed by atoms with E-state index in [4.69, 9.17) is 5.73 Å². The monoisotopic (exact) mass is 312 g/mol. The van der Waals surface area contributed by atoms with E-state index in [0.717, 1.165) is 25.1 Å². The van der Waals surface area contributed by atoms with Crippen molar-refractivity contribution in [1.29, 1.82) is 0 Å². The van der Waals surface area contributed by atoms with Crippen LogP contribution < -0.4 is 11.1 Å². The smallest absolute Gasteiger partial charge is 0.241 e. The topological polar surface area (TPSA) is 71.2 Å². The molecule has 0 fully saturated rings. The van der Waals surface area contributed by atoms with Gasteiger partial charge in [-0.1, -0.05) is 6.92 Å². The first-order valence-electron chi connectivity index (χ1n) is 7.85. The van der Waals surface area contributed by atoms with Gasteiger partial charge in [-0.3, -0.25) is 14.7 Å². The average Bonchev–Trinajstić information content (AvgIpc) is 2.57. The van der Waals surface area contributed by atoms with E-state index in [9.17, 15) is 4.79 Å². The second-order valence-corrected chi connectivity index (χ2v) is 5.62. The van der Waals surface area contributed by atoms with Gasteiger partial charge in [0.05, 0.1) is 6.04 Å². The van der Waals surface area contributed by atoms with Gasteiger partial charge in [0.1, 0.15) is 0 Å². The number of nitrogens with zero attached hydrogens (tertiary/aromatic N) is 2. The first kappa shape index (κ1) is 17.0. The molecular formula is C18H24N4O. The minimum Gasteiger partial charge on any atom is -0.399 e. The normalized spacial score (nSPS) is 12.1. The van der Waals surface area contributed by atoms with Gasteiger partial charge in [0, 0.05) is 30.3 Å². The molecule has 23 heavy (non-hydrogen) atoms. The molecule has 0 radical (unpaired) electrons. The highest BCUT2D eigenvalue weighted by molar-refractivity contribution is 5.94. The molecular weight excluding hydrogens is 288 g/mol. The predicted octanol–water partition coefficient (Wildman–Crippen LogP) is 2.56. The molecule has 1 aromatic heterocycles. The molecule has 1 amide bonds. The molecule has 0 aliphatic rings. The van der Waals surface area contributed by atoms with Crippen molar-refractivity contribution in [2.24, 2.45) is 0 Å². The zero-order chi connectivity index (χ0) is 16.7. The summed E-state index contributed by atoms with van der Waals surface area (Å²) < 4.78 is 0. The molecule has 1 atom stereocenters. The van der Waals surface area contributed by atoms with E-state index in [2.05, 4.69) is 15.2 Å². The molecule has 0 saturated heterocycles. The van der Waals surface area contributed by atoms with Crippen LogP contribution >= 0.6 is 0 Å². The minimum atomic E-state index is -0.158. The van der Waals surface area contributed by atoms with Gasteiger partial charge in [-0.05, 0) is 61.9 Å². The lowest BCUT2D eigenvalue weighted by molar-refractivity contribution is -0.120. The van der Waals surface area contributed by atoms with Gasteiger partial charge < -0.3 is 11.1 Å². The van der Waals surface area contributed by atoms with Crippen molar-refractivity contribution < 1.29 is 4.79 Å². The molecule has 1 aromatic carbocycles. The van der Waals surface area contributed by atoms with Crippen LogP contribution in [0.4, 0.5) is 11.4 Å². The van der Waals surface area contributed by atoms with E-state index in [1.807, 2.05) is 38.2 Å². The van der Waals surface area contributed by atoms with Crippen LogP contribution in [0.3, 0.4) is 0 Å². The molecule has 2 rings (SSSR count). The van der Waals surface area contributed by atoms with Gasteiger partial charge in [0.25, 0.3) is 0 Å². The Morgan fingerprint density at radius 3 is 2.48 bits per heavy atom. The van der Waals surface area contributed by atoms with E-state index >= 15 is 0 Å². The second kappa shape index (κ2) is 8.29. The summed E-state index contributed by atoms with van der Waals surface area (Å²) in [6.45, 7) is 2.84. The highest BCUT2D eigenvalue weighted by Crippen LogP contribution is 2.13. The van der Waals surface area contributed by atoms with Crippen LogP contribution in [0.5, 0.6) is 0 Å². The largest absolute Gasteiger partial charge is 0.399 e. The number of anilines is 2. The second-order valence-electron chi connectivity index (χ2n) is 5.62. The van der Waals surface area contributed by atoms with Crippen LogP contribution in [0, 0.1) is 0 Å². The number of benzene rings is 1. The van der Waals surface area contributed by atoms with E-state index in [0.29, 0.717) is 5.69 Å². The molecule has 0 aliphatic heterocycles. The predicted molar refractivity (Wildman–Crippen MR) is 94.1 cm³/mol. The first-order valence-corrected chi connectivity index (χ1v) is 7.85. The Hall–Kier alpha value is -2.40. The van der Waals surface area contributed by atoms with Crippen molar-refractivity contribution in [3.63, 3.8) is 0 Å². The van der Waals surface area contributed by atoms with Crippen molar-refractivity contribution in [1.82, 2.24) is 9.88 Å². The molecule has 122 valence electrons. The molecule has 5 nitrogen and oxygen atoms in total. The van der Waals surface area contributed by atoms with Crippen molar-refractivity contribution in [3.8, 4) is 0 Å². The number of nitrogens with two attached hydrogens (primary N) is 1. The zero-order valence-electron chi connectivity index (χ0n) is 13.7. The number of amides is 1. The Balaban J connectivity index is 1.91. The lowest BCUT2D eigenvalue weighted by Gasteiger charge is -2.26. The minimum absolute atomic E-state index is 0.00880. The number of hydrogen-bond acceptors (Lipinski definition) is 4. The standard InChI is InChI=1S/C18H24N4O/c1-3-17(18(23)21-16-6-4-15(19)5-7-16)22(2)13-10-14-8-11-20-12-9-14/h4-9,11-12,17H,3,10,13,19H2,1-2H3,(H,21,23). The van der Waals surface area contributed by atoms with Crippen LogP contribution in [-0.2, 0) is 11.2 Å². The molecule has 0 bridgehead atoms. The van der Waals surface area contributed by atoms with Crippen LogP contribution in [0.25, 0.3) is 0 Å². The Morgan fingerprint density at radius 1 is 1.22 bits per heavy atom. The van der Waals surface area contributed by atoms with Crippen molar-refractivity contribution >= 4 is 17.3 Å². The highest BCUT2D eigenvalue weighted by atomic mass is 16.2. The summed E-state index contributed by atoms with van der Waals surface area (Å²) in [7, 11) is 1.98. The fraction of sp³-hybridized carbons (Fsp3) is 0.333. The molecule has 1 heterocycles. The molecule has 2 aromatic rings. The van der Waals surface area contributed by atoms with Crippen LogP contribution in [-0.4, -0.2) is 35.4 Å². The summed E-state index contributed by atoms with van der Waals surface area (Å²) >= 11 is 0. The average molecular weight is 312 g/mol. The summed E-state index contributed by atoms with van der Waals surface area (Å²) in [6, 6.07) is 11.0. The molecule has 0 saturated carbocycles. The molecule has 0 aliphatic carbocycles. The van der Waals surface area contributed by atoms with E-state index in [1.165, 1.54) is 5.56 Å². The summed E-state index contributed by atoms with van der Waals surface area (Å²) in [4.78, 5) is 18.6. The number of carbonyl (C=O) groups excluding carboxylic acids is 1. The fourth-order valence-corrected chi connectivity index (χ4v) is 2.50. The number of hydrogen-bond donors (Lipinski definition) is 2. The molecule has 1 unspecified atom stereocenters. The summed E-state index contributed by atoms with van der Waals surface area (Å²) in [5.74, 6) is 0.00880. The van der Waals surface area contributed by atoms with Crippen molar-refractivity contribution in [2.75, 3.05) is 24.6 Å². The Labute approximate surface area is 137 Å². The third-order valence-corrected chi connectivity index (χ3v) is 3.90. The maximum Gasteiger partial charge on any atom is 0.241 e. The van der Waals surface area contributed by atoms with Gasteiger partial charge in [0.15, 0.2) is 0 Å². The fourth-order valence-electron chi connectivity index (χ4n) is 2.50. The quantitative estimate of drug-likeness (QED) is 0.771. The molecule has 3 N–H and O–H groups in total. The lowest BCUT2D eigenvalue weighted by Crippen LogP contribution is -2.42. The summed E-state index contributed by atoms with van der Waals surface area (Å²) in [5, 5.41) is 2.95. The Morgan fingerprint density at radius 2 is 1.87 bits per heavy atom. The third-order valence-electron chi connectivity index (χ3n) is 3.90. The summed E-state index contributed by atoms with van der Waals surface area (Å²) in [6.07, 6.45) is 5.24. The maximum absolute atomic E-state index is 12.5. The molecule has 0 spiro atoms. The number of aromatic nitrogens is 1. The van der Waals surface area contributed by atoms with E-state index in [1.54, 1.807) is 24.5 Å². The summed E-state index contributed by atoms with van der Waals surface area (Å²) in [5.41, 5.74) is 8.34. The van der Waals surface area contributed by atoms with Crippen LogP contribution in [0.1, 0.15) is 18.9 Å². The van der Waals surface area contributed by atoms with Crippen molar-refractivity contribution in [2.45, 2.75) is 25.8 Å². The first-order chi connectivity index (χ1) is 11.1. The van der Waals surface area contributed by atoms with E-state index in [-0.39, 0.29) is 11.9 Å². The SMILES string of the molecule is CCC(C(=O)Nc1ccc(N)cc1)N(C)CCc1ccncc1. The van der Waals surface area contributed by atoms with Gasteiger partial charge in [-0.25, -0.2) is 0 Å². The van der Waals surface area contributed by atoms with Gasteiger partial charge >= 0.3 is 0 Å². The highest BCUT2D eigenvalue weighted by Gasteiger charge is 2.21. The molecule has 5 heteroatoms. The van der Waals surface area contributed by atoms with Gasteiger partial charge in [0.2, 0.25) is 5.91 Å². The van der Waals surface area contributed by atoms with E-state index < -0.39 is 0 Å². The van der Waals surface area contributed by atoms with Crippen LogP contribution in [0.15, 0.2) is 48.8 Å². The zero-order valence-corrected chi connectivity index (χ0v) is 13.7. The lowest BCUT2D eigenvalue weighted by atomic mass is 10.1. The van der Waals surface area contributed by atoms with Crippen LogP contribution in [0.2, 0.25) is 0 Å². The number of nitrogens with one attached hydrogen (secondary N) is 1. The Kier molecular flexibility index (Phi) is 6.11. The van der Waals surface area contributed by atoms with Crippen molar-refractivity contribution in [3.05, 3.63) is 54.4 Å². The number of carbonyl (C=O) groups is 1. The number of pyridine rings is 1. The third kappa shape index (κ3) is 5.07. The number of likely N-dealkylation sites (N-methyl/N-ethyl adjacent to an activating group) is 1. The number of nitrogen functional groups attached to an aromatic ring is 1. The van der Waals surface area contributed by atoms with Gasteiger partial charge in [-0.2, -0.15) is 0 Å². The maximum atomic E-state index is 12.5. The van der Waals surface area contributed by atoms with Gasteiger partial charge in [-0.15, -0.1) is 0 Å².